The van der Waals surface area contributed by atoms with E-state index in [1.54, 1.807) is 6.20 Å². The molecule has 0 radical (unpaired) electrons. The van der Waals surface area contributed by atoms with E-state index in [2.05, 4.69) is 34.7 Å². The molecule has 2 heterocycles. The fourth-order valence-electron chi connectivity index (χ4n) is 2.05. The predicted octanol–water partition coefficient (Wildman–Crippen LogP) is 3.18. The topological polar surface area (TPSA) is 31.0 Å². The molecule has 0 amide bonds. The molecule has 0 bridgehead atoms. The first-order valence-corrected chi connectivity index (χ1v) is 5.38. The Morgan fingerprint density at radius 1 is 1.31 bits per heavy atom. The molecule has 3 rings (SSSR count). The van der Waals surface area contributed by atoms with Gasteiger partial charge in [-0.1, -0.05) is 25.1 Å². The lowest BCUT2D eigenvalue weighted by molar-refractivity contribution is 0.531. The van der Waals surface area contributed by atoms with Gasteiger partial charge in [0, 0.05) is 11.1 Å². The van der Waals surface area contributed by atoms with E-state index in [1.165, 1.54) is 17.5 Å². The molecule has 0 aliphatic heterocycles. The van der Waals surface area contributed by atoms with Gasteiger partial charge < -0.3 is 4.42 Å². The highest BCUT2D eigenvalue weighted by Crippen LogP contribution is 2.24. The Bertz CT molecular complexity index is 608. The maximum atomic E-state index is 5.38. The fraction of sp³-hybridized carbons (Fsp3) is 0.154. The average molecular weight is 212 g/mol. The minimum atomic E-state index is 0.776. The molecule has 2 aromatic heterocycles. The van der Waals surface area contributed by atoms with Crippen LogP contribution in [0.15, 0.2) is 47.3 Å². The number of fused-ring (bicyclic) bond motifs is 1. The molecular weight excluding hydrogens is 200 g/mol. The van der Waals surface area contributed by atoms with Gasteiger partial charge >= 0.3 is 0 Å². The summed E-state index contributed by atoms with van der Waals surface area (Å²) in [7, 11) is 0. The van der Waals surface area contributed by atoms with Crippen LogP contribution in [0.25, 0.3) is 16.8 Å². The van der Waals surface area contributed by atoms with Crippen molar-refractivity contribution in [3.8, 4) is 5.88 Å². The van der Waals surface area contributed by atoms with Crippen molar-refractivity contribution in [1.29, 1.82) is 0 Å². The van der Waals surface area contributed by atoms with Crippen molar-refractivity contribution in [2.75, 3.05) is 0 Å². The Morgan fingerprint density at radius 3 is 2.94 bits per heavy atom. The van der Waals surface area contributed by atoms with Crippen LogP contribution in [0.4, 0.5) is 0 Å². The minimum Gasteiger partial charge on any atom is -0.427 e. The van der Waals surface area contributed by atoms with E-state index in [1.807, 2.05) is 12.1 Å². The van der Waals surface area contributed by atoms with E-state index in [-0.39, 0.29) is 0 Å². The van der Waals surface area contributed by atoms with Crippen molar-refractivity contribution in [2.24, 2.45) is 0 Å². The average Bonchev–Trinajstić information content (AvgIpc) is 2.94. The molecule has 3 nitrogen and oxygen atoms in total. The van der Waals surface area contributed by atoms with Gasteiger partial charge in [-0.05, 0) is 18.6 Å². The fourth-order valence-corrected chi connectivity index (χ4v) is 2.05. The summed E-state index contributed by atoms with van der Waals surface area (Å²) in [5.41, 5.74) is 2.40. The molecule has 0 atom stereocenters. The van der Waals surface area contributed by atoms with E-state index < -0.39 is 0 Å². The van der Waals surface area contributed by atoms with Crippen LogP contribution < -0.4 is 0 Å². The van der Waals surface area contributed by atoms with E-state index in [4.69, 9.17) is 4.42 Å². The second-order valence-electron chi connectivity index (χ2n) is 3.72. The standard InChI is InChI=1S/C13H12N2O/c1-2-11-7-10-5-3-4-6-12(10)15(11)13-8-14-9-16-13/h3-9H,2H2,1H3. The third-order valence-electron chi connectivity index (χ3n) is 2.79. The molecule has 0 fully saturated rings. The van der Waals surface area contributed by atoms with Crippen LogP contribution in [-0.4, -0.2) is 9.55 Å². The van der Waals surface area contributed by atoms with Crippen LogP contribution >= 0.6 is 0 Å². The molecule has 80 valence electrons. The summed E-state index contributed by atoms with van der Waals surface area (Å²) in [5, 5.41) is 1.23. The van der Waals surface area contributed by atoms with Gasteiger partial charge in [0.1, 0.15) is 0 Å². The summed E-state index contributed by atoms with van der Waals surface area (Å²) >= 11 is 0. The molecule has 1 aromatic carbocycles. The Labute approximate surface area is 93.3 Å². The third kappa shape index (κ3) is 1.25. The van der Waals surface area contributed by atoms with Crippen LogP contribution in [0.3, 0.4) is 0 Å². The van der Waals surface area contributed by atoms with Gasteiger partial charge in [0.15, 0.2) is 6.39 Å². The largest absolute Gasteiger partial charge is 0.427 e. The highest BCUT2D eigenvalue weighted by molar-refractivity contribution is 5.82. The molecule has 0 N–H and O–H groups in total. The summed E-state index contributed by atoms with van der Waals surface area (Å²) in [6, 6.07) is 10.5. The molecule has 0 aliphatic carbocycles. The number of aryl methyl sites for hydroxylation is 1. The zero-order valence-corrected chi connectivity index (χ0v) is 9.05. The van der Waals surface area contributed by atoms with Crippen LogP contribution in [0.5, 0.6) is 0 Å². The Balaban J connectivity index is 2.36. The summed E-state index contributed by atoms with van der Waals surface area (Å²) in [6.07, 6.45) is 4.17. The Morgan fingerprint density at radius 2 is 2.19 bits per heavy atom. The lowest BCUT2D eigenvalue weighted by Gasteiger charge is -2.04. The smallest absolute Gasteiger partial charge is 0.224 e. The van der Waals surface area contributed by atoms with E-state index >= 15 is 0 Å². The maximum Gasteiger partial charge on any atom is 0.224 e. The van der Waals surface area contributed by atoms with Crippen molar-refractivity contribution in [3.63, 3.8) is 0 Å². The van der Waals surface area contributed by atoms with Gasteiger partial charge in [0.25, 0.3) is 0 Å². The molecule has 0 aliphatic rings. The number of nitrogens with zero attached hydrogens (tertiary/aromatic N) is 2. The molecule has 3 aromatic rings. The van der Waals surface area contributed by atoms with Gasteiger partial charge in [-0.2, -0.15) is 0 Å². The lowest BCUT2D eigenvalue weighted by Crippen LogP contribution is -1.96. The van der Waals surface area contributed by atoms with Crippen LogP contribution in [-0.2, 0) is 6.42 Å². The second kappa shape index (κ2) is 3.52. The number of para-hydroxylation sites is 1. The maximum absolute atomic E-state index is 5.38. The van der Waals surface area contributed by atoms with Crippen LogP contribution in [0.2, 0.25) is 0 Å². The molecule has 0 unspecified atom stereocenters. The number of rotatable bonds is 2. The summed E-state index contributed by atoms with van der Waals surface area (Å²) in [4.78, 5) is 3.97. The van der Waals surface area contributed by atoms with Crippen molar-refractivity contribution in [3.05, 3.63) is 48.6 Å². The van der Waals surface area contributed by atoms with Crippen LogP contribution in [0.1, 0.15) is 12.6 Å². The van der Waals surface area contributed by atoms with E-state index in [0.717, 1.165) is 17.8 Å². The van der Waals surface area contributed by atoms with Gasteiger partial charge in [0.05, 0.1) is 11.7 Å². The minimum absolute atomic E-state index is 0.776. The quantitative estimate of drug-likeness (QED) is 0.653. The summed E-state index contributed by atoms with van der Waals surface area (Å²) in [5.74, 6) is 0.776. The number of benzene rings is 1. The van der Waals surface area contributed by atoms with E-state index in [9.17, 15) is 0 Å². The summed E-state index contributed by atoms with van der Waals surface area (Å²) < 4.78 is 7.49. The van der Waals surface area contributed by atoms with Gasteiger partial charge in [-0.3, -0.25) is 4.57 Å². The lowest BCUT2D eigenvalue weighted by atomic mass is 10.2. The monoisotopic (exact) mass is 212 g/mol. The van der Waals surface area contributed by atoms with Crippen molar-refractivity contribution in [1.82, 2.24) is 9.55 Å². The molecule has 0 saturated carbocycles. The zero-order chi connectivity index (χ0) is 11.0. The highest BCUT2D eigenvalue weighted by Gasteiger charge is 2.10. The van der Waals surface area contributed by atoms with Crippen molar-refractivity contribution >= 4 is 10.9 Å². The van der Waals surface area contributed by atoms with E-state index in [0.29, 0.717) is 0 Å². The Hall–Kier alpha value is -2.03. The second-order valence-corrected chi connectivity index (χ2v) is 3.72. The first kappa shape index (κ1) is 9.21. The molecule has 16 heavy (non-hydrogen) atoms. The number of hydrogen-bond acceptors (Lipinski definition) is 2. The van der Waals surface area contributed by atoms with Gasteiger partial charge in [-0.25, -0.2) is 4.98 Å². The van der Waals surface area contributed by atoms with Gasteiger partial charge in [-0.15, -0.1) is 0 Å². The van der Waals surface area contributed by atoms with Crippen LogP contribution in [0, 0.1) is 0 Å². The van der Waals surface area contributed by atoms with Gasteiger partial charge in [0.2, 0.25) is 5.88 Å². The van der Waals surface area contributed by atoms with Crippen molar-refractivity contribution in [2.45, 2.75) is 13.3 Å². The normalized spacial score (nSPS) is 11.1. The SMILES string of the molecule is CCc1cc2ccccc2n1-c1cnco1. The predicted molar refractivity (Wildman–Crippen MR) is 62.7 cm³/mol. The molecular formula is C13H12N2O. The number of oxazole rings is 1. The highest BCUT2D eigenvalue weighted by atomic mass is 16.4. The molecule has 3 heteroatoms. The van der Waals surface area contributed by atoms with Crippen molar-refractivity contribution < 1.29 is 4.42 Å². The number of aromatic nitrogens is 2. The number of hydrogen-bond donors (Lipinski definition) is 0. The zero-order valence-electron chi connectivity index (χ0n) is 9.05. The third-order valence-corrected chi connectivity index (χ3v) is 2.79. The Kier molecular flexibility index (Phi) is 2.03. The summed E-state index contributed by atoms with van der Waals surface area (Å²) in [6.45, 7) is 2.14. The molecule has 0 spiro atoms. The first-order chi connectivity index (χ1) is 7.90. The first-order valence-electron chi connectivity index (χ1n) is 5.38. The molecule has 0 saturated heterocycles.